The van der Waals surface area contributed by atoms with E-state index < -0.39 is 0 Å². The van der Waals surface area contributed by atoms with Gasteiger partial charge in [-0.1, -0.05) is 63.6 Å². The molecule has 0 spiro atoms. The Balaban J connectivity index is 1.70. The number of halogens is 1. The van der Waals surface area contributed by atoms with Crippen LogP contribution in [-0.2, 0) is 0 Å². The second-order valence-corrected chi connectivity index (χ2v) is 9.43. The van der Waals surface area contributed by atoms with E-state index in [1.54, 1.807) is 0 Å². The second kappa shape index (κ2) is 12.2. The van der Waals surface area contributed by atoms with Gasteiger partial charge < -0.3 is 16.0 Å². The van der Waals surface area contributed by atoms with E-state index in [9.17, 15) is 14.0 Å². The molecule has 4 amide bonds. The first-order chi connectivity index (χ1) is 17.2. The van der Waals surface area contributed by atoms with Crippen LogP contribution in [0.2, 0.25) is 0 Å². The predicted octanol–water partition coefficient (Wildman–Crippen LogP) is 7.24. The molecule has 0 unspecified atom stereocenters. The van der Waals surface area contributed by atoms with E-state index in [4.69, 9.17) is 0 Å². The van der Waals surface area contributed by atoms with Gasteiger partial charge >= 0.3 is 12.1 Å². The van der Waals surface area contributed by atoms with Crippen molar-refractivity contribution < 1.29 is 14.0 Å². The van der Waals surface area contributed by atoms with Gasteiger partial charge in [0.05, 0.1) is 0 Å². The molecular weight excluding hydrogens is 455 g/mol. The van der Waals surface area contributed by atoms with E-state index in [2.05, 4.69) is 43.6 Å². The van der Waals surface area contributed by atoms with Crippen LogP contribution in [0.1, 0.15) is 56.2 Å². The lowest BCUT2D eigenvalue weighted by atomic mass is 9.93. The number of rotatable bonds is 8. The number of benzene rings is 3. The van der Waals surface area contributed by atoms with Crippen LogP contribution in [0.4, 0.5) is 31.0 Å². The third-order valence-electron chi connectivity index (χ3n) is 5.92. The van der Waals surface area contributed by atoms with Crippen molar-refractivity contribution in [2.45, 2.75) is 46.5 Å². The van der Waals surface area contributed by atoms with Crippen molar-refractivity contribution in [3.8, 4) is 0 Å². The highest BCUT2D eigenvalue weighted by Crippen LogP contribution is 2.32. The lowest BCUT2D eigenvalue weighted by molar-refractivity contribution is 0.250. The van der Waals surface area contributed by atoms with E-state index in [0.29, 0.717) is 11.4 Å². The summed E-state index contributed by atoms with van der Waals surface area (Å²) in [6.07, 6.45) is 0. The van der Waals surface area contributed by atoms with Gasteiger partial charge in [-0.25, -0.2) is 14.0 Å². The quantitative estimate of drug-likeness (QED) is 0.311. The molecule has 0 aliphatic heterocycles. The van der Waals surface area contributed by atoms with Crippen LogP contribution >= 0.6 is 0 Å². The number of para-hydroxylation sites is 1. The topological polar surface area (TPSA) is 73.5 Å². The molecule has 0 atom stereocenters. The summed E-state index contributed by atoms with van der Waals surface area (Å²) >= 11 is 0. The molecule has 0 fully saturated rings. The highest BCUT2D eigenvalue weighted by atomic mass is 19.1. The first-order valence-corrected chi connectivity index (χ1v) is 12.2. The Morgan fingerprint density at radius 3 is 1.97 bits per heavy atom. The zero-order valence-corrected chi connectivity index (χ0v) is 21.6. The minimum absolute atomic E-state index is 0.194. The van der Waals surface area contributed by atoms with E-state index >= 15 is 0 Å². The Morgan fingerprint density at radius 2 is 1.42 bits per heavy atom. The molecule has 0 aromatic heterocycles. The molecule has 0 bridgehead atoms. The molecule has 0 heterocycles. The third-order valence-corrected chi connectivity index (χ3v) is 5.92. The minimum Gasteiger partial charge on any atom is -0.336 e. The number of carbonyl (C=O) groups is 2. The number of hydrogen-bond donors (Lipinski definition) is 3. The van der Waals surface area contributed by atoms with Crippen LogP contribution in [0.5, 0.6) is 0 Å². The Kier molecular flexibility index (Phi) is 9.06. The van der Waals surface area contributed by atoms with Gasteiger partial charge in [-0.05, 0) is 66.3 Å². The molecule has 3 aromatic rings. The van der Waals surface area contributed by atoms with E-state index in [-0.39, 0.29) is 42.8 Å². The Morgan fingerprint density at radius 1 is 0.833 bits per heavy atom. The van der Waals surface area contributed by atoms with Gasteiger partial charge in [0.1, 0.15) is 5.82 Å². The van der Waals surface area contributed by atoms with Gasteiger partial charge in [0.15, 0.2) is 0 Å². The summed E-state index contributed by atoms with van der Waals surface area (Å²) in [7, 11) is 0. The molecular formula is C29H35FN4O2. The van der Waals surface area contributed by atoms with Crippen LogP contribution < -0.4 is 20.9 Å². The highest BCUT2D eigenvalue weighted by molar-refractivity contribution is 6.01. The monoisotopic (exact) mass is 490 g/mol. The largest absolute Gasteiger partial charge is 0.336 e. The summed E-state index contributed by atoms with van der Waals surface area (Å²) in [5.41, 5.74) is 5.22. The van der Waals surface area contributed by atoms with Crippen molar-refractivity contribution >= 4 is 29.1 Å². The highest BCUT2D eigenvalue weighted by Gasteiger charge is 2.18. The number of amides is 4. The maximum Gasteiger partial charge on any atom is 0.326 e. The van der Waals surface area contributed by atoms with Crippen molar-refractivity contribution in [3.63, 3.8) is 0 Å². The first-order valence-electron chi connectivity index (χ1n) is 12.2. The van der Waals surface area contributed by atoms with Gasteiger partial charge in [-0.3, -0.25) is 4.90 Å². The molecule has 7 heteroatoms. The number of nitrogens with one attached hydrogen (secondary N) is 3. The molecule has 0 saturated carbocycles. The summed E-state index contributed by atoms with van der Waals surface area (Å²) in [5, 5.41) is 8.74. The molecule has 0 radical (unpaired) electrons. The molecule has 36 heavy (non-hydrogen) atoms. The molecule has 0 saturated heterocycles. The molecule has 3 N–H and O–H groups in total. The first kappa shape index (κ1) is 26.7. The number of nitrogens with zero attached hydrogens (tertiary/aromatic N) is 1. The zero-order valence-electron chi connectivity index (χ0n) is 21.6. The number of aryl methyl sites for hydroxylation is 1. The molecule has 0 aliphatic rings. The molecule has 3 rings (SSSR count). The van der Waals surface area contributed by atoms with Gasteiger partial charge in [-0.2, -0.15) is 0 Å². The van der Waals surface area contributed by atoms with Crippen molar-refractivity contribution in [2.24, 2.45) is 0 Å². The third kappa shape index (κ3) is 7.07. The Labute approximate surface area is 212 Å². The zero-order chi connectivity index (χ0) is 26.2. The summed E-state index contributed by atoms with van der Waals surface area (Å²) in [6, 6.07) is 18.5. The van der Waals surface area contributed by atoms with Crippen LogP contribution in [0.15, 0.2) is 66.7 Å². The number of hydrogen-bond acceptors (Lipinski definition) is 2. The van der Waals surface area contributed by atoms with Crippen molar-refractivity contribution in [1.29, 1.82) is 0 Å². The molecule has 0 aliphatic carbocycles. The van der Waals surface area contributed by atoms with E-state index in [0.717, 1.165) is 22.4 Å². The van der Waals surface area contributed by atoms with Gasteiger partial charge in [0.2, 0.25) is 0 Å². The normalized spacial score (nSPS) is 10.9. The van der Waals surface area contributed by atoms with Crippen LogP contribution in [0.25, 0.3) is 0 Å². The van der Waals surface area contributed by atoms with Crippen LogP contribution in [0, 0.1) is 12.7 Å². The average molecular weight is 491 g/mol. The van der Waals surface area contributed by atoms with E-state index in [1.165, 1.54) is 29.2 Å². The smallest absolute Gasteiger partial charge is 0.326 e. The van der Waals surface area contributed by atoms with Crippen LogP contribution in [-0.4, -0.2) is 25.2 Å². The van der Waals surface area contributed by atoms with Crippen LogP contribution in [0.3, 0.4) is 0 Å². The maximum absolute atomic E-state index is 13.5. The fourth-order valence-electron chi connectivity index (χ4n) is 3.93. The minimum atomic E-state index is -0.389. The molecule has 6 nitrogen and oxygen atoms in total. The van der Waals surface area contributed by atoms with Crippen molar-refractivity contribution in [3.05, 3.63) is 89.2 Å². The van der Waals surface area contributed by atoms with Gasteiger partial charge in [0, 0.05) is 30.2 Å². The van der Waals surface area contributed by atoms with E-state index in [1.807, 2.05) is 49.4 Å². The van der Waals surface area contributed by atoms with Crippen molar-refractivity contribution in [1.82, 2.24) is 5.32 Å². The average Bonchev–Trinajstić information content (AvgIpc) is 2.83. The standard InChI is InChI=1S/C29H35FN4O2/c1-19(2)25-7-6-8-26(20(3)4)27(25)33-28(35)31-17-18-34(24-15-11-22(30)12-16-24)29(36)32-23-13-9-21(5)10-14-23/h6-16,19-20H,17-18H2,1-5H3,(H,32,36)(H2,31,33,35). The molecule has 190 valence electrons. The number of urea groups is 2. The molecule has 3 aromatic carbocycles. The summed E-state index contributed by atoms with van der Waals surface area (Å²) in [4.78, 5) is 27.4. The van der Waals surface area contributed by atoms with Gasteiger partial charge in [0.25, 0.3) is 0 Å². The lowest BCUT2D eigenvalue weighted by Crippen LogP contribution is -2.42. The maximum atomic E-state index is 13.5. The fraction of sp³-hybridized carbons (Fsp3) is 0.310. The number of anilines is 3. The lowest BCUT2D eigenvalue weighted by Gasteiger charge is -2.24. The SMILES string of the molecule is Cc1ccc(NC(=O)N(CCNC(=O)Nc2c(C(C)C)cccc2C(C)C)c2ccc(F)cc2)cc1. The second-order valence-electron chi connectivity index (χ2n) is 9.43. The fourth-order valence-corrected chi connectivity index (χ4v) is 3.93. The Hall–Kier alpha value is -3.87. The summed E-state index contributed by atoms with van der Waals surface area (Å²) < 4.78 is 13.5. The summed E-state index contributed by atoms with van der Waals surface area (Å²) in [5.74, 6) is 0.108. The Bertz CT molecular complexity index is 1150. The predicted molar refractivity (Wildman–Crippen MR) is 146 cm³/mol. The van der Waals surface area contributed by atoms with Gasteiger partial charge in [-0.15, -0.1) is 0 Å². The number of carbonyl (C=O) groups excluding carboxylic acids is 2. The van der Waals surface area contributed by atoms with Crippen molar-refractivity contribution in [2.75, 3.05) is 28.6 Å². The summed E-state index contributed by atoms with van der Waals surface area (Å²) in [6.45, 7) is 10.7.